The van der Waals surface area contributed by atoms with Gasteiger partial charge < -0.3 is 9.47 Å². The van der Waals surface area contributed by atoms with Crippen molar-refractivity contribution < 1.29 is 9.47 Å². The van der Waals surface area contributed by atoms with Crippen LogP contribution in [0.15, 0.2) is 12.3 Å². The van der Waals surface area contributed by atoms with Crippen LogP contribution in [0.1, 0.15) is 19.8 Å². The summed E-state index contributed by atoms with van der Waals surface area (Å²) < 4.78 is 11.1. The van der Waals surface area contributed by atoms with Crippen LogP contribution in [0.4, 0.5) is 0 Å². The highest BCUT2D eigenvalue weighted by Crippen LogP contribution is 2.58. The Morgan fingerprint density at radius 2 is 2.31 bits per heavy atom. The third-order valence-corrected chi connectivity index (χ3v) is 3.78. The fraction of sp³-hybridized carbons (Fsp3) is 0.818. The highest BCUT2D eigenvalue weighted by atomic mass is 16.6. The summed E-state index contributed by atoms with van der Waals surface area (Å²) in [6.07, 6.45) is 7.77. The molecule has 1 heterocycles. The lowest BCUT2D eigenvalue weighted by Gasteiger charge is -2.18. The van der Waals surface area contributed by atoms with Crippen molar-refractivity contribution in [2.24, 2.45) is 17.8 Å². The first kappa shape index (κ1) is 7.86. The highest BCUT2D eigenvalue weighted by molar-refractivity contribution is 5.10. The van der Waals surface area contributed by atoms with Gasteiger partial charge in [0.1, 0.15) is 0 Å². The summed E-state index contributed by atoms with van der Waals surface area (Å²) in [6, 6.07) is 0. The molecule has 5 unspecified atom stereocenters. The maximum absolute atomic E-state index is 5.60. The van der Waals surface area contributed by atoms with Crippen LogP contribution < -0.4 is 0 Å². The monoisotopic (exact) mass is 180 g/mol. The average molecular weight is 180 g/mol. The van der Waals surface area contributed by atoms with E-state index in [-0.39, 0.29) is 0 Å². The topological polar surface area (TPSA) is 21.8 Å². The third kappa shape index (κ3) is 1.12. The molecule has 0 aromatic carbocycles. The van der Waals surface area contributed by atoms with Crippen molar-refractivity contribution in [1.29, 1.82) is 0 Å². The van der Waals surface area contributed by atoms with Gasteiger partial charge >= 0.3 is 0 Å². The van der Waals surface area contributed by atoms with Crippen LogP contribution in [0.2, 0.25) is 0 Å². The van der Waals surface area contributed by atoms with Crippen LogP contribution in [-0.2, 0) is 9.47 Å². The Morgan fingerprint density at radius 3 is 3.00 bits per heavy atom. The zero-order valence-corrected chi connectivity index (χ0v) is 7.98. The molecule has 2 aliphatic carbocycles. The minimum absolute atomic E-state index is 0.623. The Balaban J connectivity index is 1.56. The first-order valence-electron chi connectivity index (χ1n) is 5.28. The number of rotatable bonds is 3. The van der Waals surface area contributed by atoms with Crippen molar-refractivity contribution in [3.8, 4) is 0 Å². The molecule has 3 aliphatic rings. The van der Waals surface area contributed by atoms with Gasteiger partial charge in [-0.2, -0.15) is 0 Å². The van der Waals surface area contributed by atoms with Crippen LogP contribution in [0.5, 0.6) is 0 Å². The molecule has 3 fully saturated rings. The maximum Gasteiger partial charge on any atom is 0.0905 e. The van der Waals surface area contributed by atoms with Crippen molar-refractivity contribution >= 4 is 0 Å². The summed E-state index contributed by atoms with van der Waals surface area (Å²) >= 11 is 0. The predicted octanol–water partition coefficient (Wildman–Crippen LogP) is 1.96. The summed E-state index contributed by atoms with van der Waals surface area (Å²) in [5.41, 5.74) is 0. The van der Waals surface area contributed by atoms with Crippen molar-refractivity contribution in [3.05, 3.63) is 12.3 Å². The van der Waals surface area contributed by atoms with Gasteiger partial charge in [-0.05, 0) is 37.5 Å². The minimum atomic E-state index is 0.623. The number of allylic oxidation sites excluding steroid dienone is 1. The number of epoxide rings is 1. The summed E-state index contributed by atoms with van der Waals surface area (Å²) in [4.78, 5) is 0. The molecular weight excluding hydrogens is 164 g/mol. The van der Waals surface area contributed by atoms with E-state index in [0.29, 0.717) is 12.2 Å². The molecule has 5 atom stereocenters. The largest absolute Gasteiger partial charge is 0.501 e. The quantitative estimate of drug-likeness (QED) is 0.489. The van der Waals surface area contributed by atoms with E-state index >= 15 is 0 Å². The Morgan fingerprint density at radius 1 is 1.38 bits per heavy atom. The molecule has 13 heavy (non-hydrogen) atoms. The van der Waals surface area contributed by atoms with Crippen molar-refractivity contribution in [2.75, 3.05) is 6.61 Å². The van der Waals surface area contributed by atoms with Gasteiger partial charge in [0.15, 0.2) is 0 Å². The van der Waals surface area contributed by atoms with Crippen LogP contribution in [0, 0.1) is 17.8 Å². The molecule has 72 valence electrons. The zero-order valence-electron chi connectivity index (χ0n) is 7.98. The predicted molar refractivity (Wildman–Crippen MR) is 49.1 cm³/mol. The minimum Gasteiger partial charge on any atom is -0.501 e. The van der Waals surface area contributed by atoms with Gasteiger partial charge in [-0.15, -0.1) is 0 Å². The lowest BCUT2D eigenvalue weighted by atomic mass is 9.89. The standard InChI is InChI=1S/C11H16O2/c1-2-3-12-6-8-4-7-5-9(8)11-10(7)13-11/h2-3,7-11H,4-6H2,1H3/b3-2+. The van der Waals surface area contributed by atoms with E-state index in [2.05, 4.69) is 0 Å². The summed E-state index contributed by atoms with van der Waals surface area (Å²) in [5, 5.41) is 0. The molecule has 1 saturated heterocycles. The second kappa shape index (κ2) is 2.74. The molecule has 0 spiro atoms. The molecule has 0 aromatic heterocycles. The highest BCUT2D eigenvalue weighted by Gasteiger charge is 2.63. The lowest BCUT2D eigenvalue weighted by Crippen LogP contribution is -2.21. The summed E-state index contributed by atoms with van der Waals surface area (Å²) in [5.74, 6) is 2.46. The van der Waals surface area contributed by atoms with E-state index in [1.165, 1.54) is 12.8 Å². The summed E-state index contributed by atoms with van der Waals surface area (Å²) in [7, 11) is 0. The van der Waals surface area contributed by atoms with E-state index in [1.54, 1.807) is 6.26 Å². The molecule has 0 N–H and O–H groups in total. The number of fused-ring (bicyclic) bond motifs is 5. The van der Waals surface area contributed by atoms with E-state index < -0.39 is 0 Å². The first-order valence-corrected chi connectivity index (χ1v) is 5.28. The number of hydrogen-bond acceptors (Lipinski definition) is 2. The van der Waals surface area contributed by atoms with Crippen LogP contribution >= 0.6 is 0 Å². The molecule has 0 amide bonds. The molecule has 0 aromatic rings. The van der Waals surface area contributed by atoms with E-state index in [4.69, 9.17) is 9.47 Å². The van der Waals surface area contributed by atoms with Crippen molar-refractivity contribution in [3.63, 3.8) is 0 Å². The van der Waals surface area contributed by atoms with Gasteiger partial charge in [0.25, 0.3) is 0 Å². The third-order valence-electron chi connectivity index (χ3n) is 3.78. The van der Waals surface area contributed by atoms with Gasteiger partial charge in [0, 0.05) is 0 Å². The van der Waals surface area contributed by atoms with E-state index in [9.17, 15) is 0 Å². The molecule has 0 radical (unpaired) electrons. The zero-order chi connectivity index (χ0) is 8.84. The Hall–Kier alpha value is -0.500. The van der Waals surface area contributed by atoms with Crippen LogP contribution in [-0.4, -0.2) is 18.8 Å². The molecule has 2 saturated carbocycles. The van der Waals surface area contributed by atoms with E-state index in [1.807, 2.05) is 13.0 Å². The average Bonchev–Trinajstić information content (AvgIpc) is 2.76. The Labute approximate surface area is 78.9 Å². The SMILES string of the molecule is C/C=C/OCC1CC2CC1C1OC21. The molecule has 2 heteroatoms. The second-order valence-corrected chi connectivity index (χ2v) is 4.52. The second-order valence-electron chi connectivity index (χ2n) is 4.52. The molecule has 2 nitrogen and oxygen atoms in total. The van der Waals surface area contributed by atoms with E-state index in [0.717, 1.165) is 24.4 Å². The van der Waals surface area contributed by atoms with Gasteiger partial charge in [-0.25, -0.2) is 0 Å². The molecule has 2 bridgehead atoms. The van der Waals surface area contributed by atoms with Crippen LogP contribution in [0.3, 0.4) is 0 Å². The fourth-order valence-electron chi connectivity index (χ4n) is 3.20. The molecule has 3 rings (SSSR count). The van der Waals surface area contributed by atoms with Gasteiger partial charge in [-0.3, -0.25) is 0 Å². The molecule has 1 aliphatic heterocycles. The first-order chi connectivity index (χ1) is 6.40. The number of hydrogen-bond donors (Lipinski definition) is 0. The maximum atomic E-state index is 5.60. The number of ether oxygens (including phenoxy) is 2. The lowest BCUT2D eigenvalue weighted by molar-refractivity contribution is 0.153. The van der Waals surface area contributed by atoms with Crippen molar-refractivity contribution in [1.82, 2.24) is 0 Å². The van der Waals surface area contributed by atoms with Gasteiger partial charge in [0.2, 0.25) is 0 Å². The Bertz CT molecular complexity index is 236. The smallest absolute Gasteiger partial charge is 0.0905 e. The molecular formula is C11H16O2. The van der Waals surface area contributed by atoms with Gasteiger partial charge in [-0.1, -0.05) is 6.08 Å². The van der Waals surface area contributed by atoms with Gasteiger partial charge in [0.05, 0.1) is 25.1 Å². The Kier molecular flexibility index (Phi) is 1.66. The fourth-order valence-corrected chi connectivity index (χ4v) is 3.20. The summed E-state index contributed by atoms with van der Waals surface area (Å²) in [6.45, 7) is 2.89. The normalized spacial score (nSPS) is 51.3. The van der Waals surface area contributed by atoms with Crippen molar-refractivity contribution in [2.45, 2.75) is 32.0 Å². The van der Waals surface area contributed by atoms with Crippen LogP contribution in [0.25, 0.3) is 0 Å².